The van der Waals surface area contributed by atoms with Crippen LogP contribution >= 0.6 is 34.3 Å². The minimum Gasteiger partial charge on any atom is -0.232 e. The third-order valence-electron chi connectivity index (χ3n) is 5.07. The van der Waals surface area contributed by atoms with E-state index in [0.29, 0.717) is 5.65 Å². The molecule has 8 heteroatoms. The summed E-state index contributed by atoms with van der Waals surface area (Å²) in [7, 11) is 0. The van der Waals surface area contributed by atoms with Gasteiger partial charge in [-0.3, -0.25) is 0 Å². The van der Waals surface area contributed by atoms with Crippen molar-refractivity contribution < 1.29 is 0 Å². The second-order valence-electron chi connectivity index (χ2n) is 6.97. The van der Waals surface area contributed by atoms with Gasteiger partial charge in [0, 0.05) is 16.3 Å². The number of hydrogen-bond donors (Lipinski definition) is 0. The Kier molecular flexibility index (Phi) is 4.26. The quantitative estimate of drug-likeness (QED) is 0.325. The summed E-state index contributed by atoms with van der Waals surface area (Å²) in [5.41, 5.74) is 4.49. The zero-order valence-electron chi connectivity index (χ0n) is 15.6. The molecule has 1 atom stereocenters. The molecular weight excluding hydrogens is 434 g/mol. The molecule has 0 spiro atoms. The molecule has 0 saturated heterocycles. The van der Waals surface area contributed by atoms with Gasteiger partial charge < -0.3 is 0 Å². The Morgan fingerprint density at radius 1 is 0.900 bits per heavy atom. The Morgan fingerprint density at radius 2 is 1.70 bits per heavy atom. The molecule has 1 aliphatic rings. The van der Waals surface area contributed by atoms with Crippen LogP contribution in [0, 0.1) is 0 Å². The van der Waals surface area contributed by atoms with Gasteiger partial charge in [-0.1, -0.05) is 53.3 Å². The van der Waals surface area contributed by atoms with Crippen molar-refractivity contribution in [3.63, 3.8) is 0 Å². The summed E-state index contributed by atoms with van der Waals surface area (Å²) >= 11 is 9.34. The summed E-state index contributed by atoms with van der Waals surface area (Å²) in [5, 5.41) is 10.6. The summed E-state index contributed by atoms with van der Waals surface area (Å²) in [6.07, 6.45) is 0.806. The highest BCUT2D eigenvalue weighted by Crippen LogP contribution is 2.41. The van der Waals surface area contributed by atoms with E-state index in [9.17, 15) is 0 Å². The highest BCUT2D eigenvalue weighted by molar-refractivity contribution is 7.21. The number of hydrazone groups is 1. The van der Waals surface area contributed by atoms with Crippen LogP contribution in [0.3, 0.4) is 0 Å². The Hall–Kier alpha value is -2.87. The fraction of sp³-hybridized carbons (Fsp3) is 0.0909. The maximum absolute atomic E-state index is 6.07. The molecule has 4 heterocycles. The molecule has 0 amide bonds. The van der Waals surface area contributed by atoms with Crippen LogP contribution in [0.2, 0.25) is 5.02 Å². The van der Waals surface area contributed by atoms with Gasteiger partial charge in [-0.2, -0.15) is 10.1 Å². The third kappa shape index (κ3) is 3.06. The number of rotatable bonds is 3. The van der Waals surface area contributed by atoms with Crippen LogP contribution in [0.1, 0.15) is 22.9 Å². The van der Waals surface area contributed by atoms with E-state index in [1.54, 1.807) is 11.3 Å². The van der Waals surface area contributed by atoms with E-state index in [-0.39, 0.29) is 6.04 Å². The number of hydrogen-bond acceptors (Lipinski definition) is 7. The number of thiazole rings is 1. The number of para-hydroxylation sites is 2. The van der Waals surface area contributed by atoms with Crippen LogP contribution in [-0.4, -0.2) is 20.7 Å². The molecule has 3 aromatic heterocycles. The van der Waals surface area contributed by atoms with Gasteiger partial charge in [-0.15, -0.1) is 11.3 Å². The van der Waals surface area contributed by atoms with Gasteiger partial charge in [0.25, 0.3) is 0 Å². The minimum atomic E-state index is 0.102. The van der Waals surface area contributed by atoms with Gasteiger partial charge in [0.15, 0.2) is 10.5 Å². The van der Waals surface area contributed by atoms with E-state index < -0.39 is 0 Å². The lowest BCUT2D eigenvalue weighted by Crippen LogP contribution is -2.17. The number of anilines is 1. The van der Waals surface area contributed by atoms with E-state index in [2.05, 4.69) is 17.5 Å². The molecular formula is C22H14ClN5S2. The summed E-state index contributed by atoms with van der Waals surface area (Å²) < 4.78 is 0. The third-order valence-corrected chi connectivity index (χ3v) is 7.22. The van der Waals surface area contributed by atoms with Crippen molar-refractivity contribution in [2.24, 2.45) is 5.10 Å². The first kappa shape index (κ1) is 17.9. The summed E-state index contributed by atoms with van der Waals surface area (Å²) in [4.78, 5) is 16.3. The number of thiophene rings is 1. The lowest BCUT2D eigenvalue weighted by atomic mass is 10.0. The fourth-order valence-corrected chi connectivity index (χ4v) is 5.45. The predicted molar refractivity (Wildman–Crippen MR) is 125 cm³/mol. The normalized spacial score (nSPS) is 16.5. The molecule has 0 N–H and O–H groups in total. The predicted octanol–water partition coefficient (Wildman–Crippen LogP) is 6.31. The molecule has 0 aliphatic carbocycles. The van der Waals surface area contributed by atoms with E-state index >= 15 is 0 Å². The van der Waals surface area contributed by atoms with Crippen molar-refractivity contribution in [1.29, 1.82) is 0 Å². The lowest BCUT2D eigenvalue weighted by Gasteiger charge is -2.19. The maximum atomic E-state index is 6.07. The zero-order valence-corrected chi connectivity index (χ0v) is 18.0. The maximum Gasteiger partial charge on any atom is 0.210 e. The van der Waals surface area contributed by atoms with Crippen LogP contribution in [0.25, 0.3) is 21.5 Å². The van der Waals surface area contributed by atoms with Gasteiger partial charge in [-0.05, 0) is 41.3 Å². The molecule has 2 aromatic carbocycles. The molecule has 1 aliphatic heterocycles. The number of halogens is 1. The largest absolute Gasteiger partial charge is 0.232 e. The van der Waals surface area contributed by atoms with Crippen molar-refractivity contribution in [1.82, 2.24) is 15.0 Å². The fourth-order valence-electron chi connectivity index (χ4n) is 3.62. The van der Waals surface area contributed by atoms with Crippen molar-refractivity contribution in [3.05, 3.63) is 81.5 Å². The van der Waals surface area contributed by atoms with Gasteiger partial charge >= 0.3 is 0 Å². The smallest absolute Gasteiger partial charge is 0.210 e. The van der Waals surface area contributed by atoms with E-state index in [4.69, 9.17) is 31.7 Å². The van der Waals surface area contributed by atoms with Crippen LogP contribution in [0.15, 0.2) is 71.1 Å². The molecule has 146 valence electrons. The van der Waals surface area contributed by atoms with E-state index in [0.717, 1.165) is 43.7 Å². The van der Waals surface area contributed by atoms with Crippen LogP contribution in [0.4, 0.5) is 5.13 Å². The van der Waals surface area contributed by atoms with Gasteiger partial charge in [0.1, 0.15) is 0 Å². The monoisotopic (exact) mass is 447 g/mol. The molecule has 6 rings (SSSR count). The minimum absolute atomic E-state index is 0.102. The Bertz CT molecular complexity index is 1340. The second-order valence-corrected chi connectivity index (χ2v) is 9.34. The lowest BCUT2D eigenvalue weighted by molar-refractivity contribution is 0.720. The molecule has 5 aromatic rings. The van der Waals surface area contributed by atoms with Gasteiger partial charge in [0.2, 0.25) is 5.13 Å². The number of aromatic nitrogens is 3. The SMILES string of the molecule is Clc1ccc(C2=NN(c3nc4nc5ccccc5nc4s3)C(c3cccs3)C2)cc1. The number of fused-ring (bicyclic) bond motifs is 2. The first-order valence-electron chi connectivity index (χ1n) is 9.44. The van der Waals surface area contributed by atoms with Crippen LogP contribution in [0.5, 0.6) is 0 Å². The number of nitrogens with zero attached hydrogens (tertiary/aromatic N) is 5. The molecule has 5 nitrogen and oxygen atoms in total. The highest BCUT2D eigenvalue weighted by atomic mass is 35.5. The summed E-state index contributed by atoms with van der Waals surface area (Å²) in [5.74, 6) is 0. The van der Waals surface area contributed by atoms with Crippen molar-refractivity contribution >= 4 is 66.6 Å². The van der Waals surface area contributed by atoms with E-state index in [1.165, 1.54) is 16.2 Å². The summed E-state index contributed by atoms with van der Waals surface area (Å²) in [6, 6.07) is 20.0. The zero-order chi connectivity index (χ0) is 20.1. The first-order chi connectivity index (χ1) is 14.7. The van der Waals surface area contributed by atoms with E-state index in [1.807, 2.05) is 53.5 Å². The Balaban J connectivity index is 1.46. The van der Waals surface area contributed by atoms with Crippen molar-refractivity contribution in [2.75, 3.05) is 5.01 Å². The number of benzene rings is 2. The molecule has 0 fully saturated rings. The van der Waals surface area contributed by atoms with Crippen LogP contribution < -0.4 is 5.01 Å². The molecule has 0 saturated carbocycles. The molecule has 1 unspecified atom stereocenters. The van der Waals surface area contributed by atoms with Crippen molar-refractivity contribution in [2.45, 2.75) is 12.5 Å². The molecule has 0 radical (unpaired) electrons. The second kappa shape index (κ2) is 7.12. The standard InChI is InChI=1S/C22H14ClN5S2/c23-14-9-7-13(8-10-14)17-12-18(19-6-3-11-29-19)28(27-17)22-26-20-21(30-22)25-16-5-2-1-4-15(16)24-20/h1-11,18H,12H2. The molecule has 0 bridgehead atoms. The van der Waals surface area contributed by atoms with Crippen molar-refractivity contribution in [3.8, 4) is 0 Å². The average molecular weight is 448 g/mol. The topological polar surface area (TPSA) is 54.3 Å². The highest BCUT2D eigenvalue weighted by Gasteiger charge is 2.32. The van der Waals surface area contributed by atoms with Gasteiger partial charge in [-0.25, -0.2) is 15.0 Å². The summed E-state index contributed by atoms with van der Waals surface area (Å²) in [6.45, 7) is 0. The molecule has 30 heavy (non-hydrogen) atoms. The Morgan fingerprint density at radius 3 is 2.47 bits per heavy atom. The van der Waals surface area contributed by atoms with Gasteiger partial charge in [0.05, 0.1) is 22.8 Å². The van der Waals surface area contributed by atoms with Crippen LogP contribution in [-0.2, 0) is 0 Å². The Labute approximate surface area is 185 Å². The average Bonchev–Trinajstić information content (AvgIpc) is 3.50. The first-order valence-corrected chi connectivity index (χ1v) is 11.5.